The molecule has 0 bridgehead atoms. The summed E-state index contributed by atoms with van der Waals surface area (Å²) in [6, 6.07) is 6.82. The number of rotatable bonds is 5. The molecule has 0 aliphatic rings. The van der Waals surface area contributed by atoms with E-state index in [9.17, 15) is 9.59 Å². The third-order valence-electron chi connectivity index (χ3n) is 2.68. The second-order valence-corrected chi connectivity index (χ2v) is 5.42. The van der Waals surface area contributed by atoms with Gasteiger partial charge in [-0.2, -0.15) is 0 Å². The Kier molecular flexibility index (Phi) is 6.07. The Balaban J connectivity index is 2.71. The second-order valence-electron chi connectivity index (χ2n) is 4.17. The number of anilines is 1. The summed E-state index contributed by atoms with van der Waals surface area (Å²) in [6.07, 6.45) is -0.0619. The van der Waals surface area contributed by atoms with E-state index in [0.29, 0.717) is 12.2 Å². The second kappa shape index (κ2) is 7.32. The molecule has 1 atom stereocenters. The lowest BCUT2D eigenvalue weighted by Crippen LogP contribution is -2.42. The molecule has 0 fully saturated rings. The van der Waals surface area contributed by atoms with E-state index in [-0.39, 0.29) is 18.5 Å². The minimum absolute atomic E-state index is 0.0619. The molecule has 5 nitrogen and oxygen atoms in total. The molecule has 0 saturated carbocycles. The quantitative estimate of drug-likeness (QED) is 0.777. The number of aliphatic carboxylic acids is 1. The number of amides is 2. The number of urea groups is 1. The van der Waals surface area contributed by atoms with Crippen LogP contribution in [0, 0.1) is 3.57 Å². The van der Waals surface area contributed by atoms with E-state index in [2.05, 4.69) is 27.9 Å². The molecule has 2 N–H and O–H groups in total. The zero-order valence-corrected chi connectivity index (χ0v) is 13.0. The summed E-state index contributed by atoms with van der Waals surface area (Å²) < 4.78 is 1.03. The third kappa shape index (κ3) is 5.06. The molecule has 0 spiro atoms. The first kappa shape index (κ1) is 15.7. The molecule has 0 aliphatic carbocycles. The number of carboxylic acid groups (broad SMARTS) is 1. The van der Waals surface area contributed by atoms with Gasteiger partial charge >= 0.3 is 12.0 Å². The summed E-state index contributed by atoms with van der Waals surface area (Å²) in [6.45, 7) is 4.02. The van der Waals surface area contributed by atoms with Crippen LogP contribution in [0.4, 0.5) is 10.5 Å². The number of nitrogens with one attached hydrogen (secondary N) is 1. The molecule has 0 aromatic heterocycles. The normalized spacial score (nSPS) is 11.7. The molecular weight excluding hydrogens is 359 g/mol. The molecule has 6 heteroatoms. The number of carboxylic acids is 1. The monoisotopic (exact) mass is 376 g/mol. The predicted octanol–water partition coefficient (Wildman–Crippen LogP) is 3.01. The maximum absolute atomic E-state index is 12.1. The Morgan fingerprint density at radius 1 is 1.47 bits per heavy atom. The molecule has 1 rings (SSSR count). The highest BCUT2D eigenvalue weighted by molar-refractivity contribution is 14.1. The predicted molar refractivity (Wildman–Crippen MR) is 82.3 cm³/mol. The molecule has 2 amide bonds. The summed E-state index contributed by atoms with van der Waals surface area (Å²) >= 11 is 2.17. The van der Waals surface area contributed by atoms with Crippen molar-refractivity contribution in [2.24, 2.45) is 0 Å². The zero-order chi connectivity index (χ0) is 14.4. The number of carbonyl (C=O) groups is 2. The van der Waals surface area contributed by atoms with Gasteiger partial charge in [0, 0.05) is 21.8 Å². The summed E-state index contributed by atoms with van der Waals surface area (Å²) in [5.41, 5.74) is 0.706. The van der Waals surface area contributed by atoms with Crippen molar-refractivity contribution < 1.29 is 14.7 Å². The van der Waals surface area contributed by atoms with Gasteiger partial charge in [-0.25, -0.2) is 4.79 Å². The van der Waals surface area contributed by atoms with Crippen LogP contribution in [0.5, 0.6) is 0 Å². The van der Waals surface area contributed by atoms with E-state index in [1.807, 2.05) is 25.1 Å². The maximum Gasteiger partial charge on any atom is 0.322 e. The van der Waals surface area contributed by atoms with E-state index in [1.54, 1.807) is 13.0 Å². The molecule has 0 aliphatic heterocycles. The van der Waals surface area contributed by atoms with Gasteiger partial charge in [-0.05, 0) is 54.6 Å². The summed E-state index contributed by atoms with van der Waals surface area (Å²) in [5.74, 6) is -0.909. The van der Waals surface area contributed by atoms with Crippen molar-refractivity contribution in [2.45, 2.75) is 26.3 Å². The molecule has 1 aromatic rings. The Bertz CT molecular complexity index is 465. The fraction of sp³-hybridized carbons (Fsp3) is 0.385. The lowest BCUT2D eigenvalue weighted by atomic mass is 10.2. The Morgan fingerprint density at radius 3 is 2.68 bits per heavy atom. The van der Waals surface area contributed by atoms with Crippen molar-refractivity contribution in [2.75, 3.05) is 11.9 Å². The number of benzene rings is 1. The van der Waals surface area contributed by atoms with E-state index < -0.39 is 5.97 Å². The fourth-order valence-corrected chi connectivity index (χ4v) is 2.32. The van der Waals surface area contributed by atoms with Crippen molar-refractivity contribution in [3.05, 3.63) is 27.8 Å². The van der Waals surface area contributed by atoms with Gasteiger partial charge in [-0.1, -0.05) is 6.07 Å². The van der Waals surface area contributed by atoms with Crippen molar-refractivity contribution in [3.8, 4) is 0 Å². The van der Waals surface area contributed by atoms with Gasteiger partial charge in [0.15, 0.2) is 0 Å². The molecule has 1 aromatic carbocycles. The van der Waals surface area contributed by atoms with E-state index in [0.717, 1.165) is 3.57 Å². The van der Waals surface area contributed by atoms with Gasteiger partial charge in [0.25, 0.3) is 0 Å². The standard InChI is InChI=1S/C13H17IN2O3/c1-3-16(9(2)7-12(17)18)13(19)15-11-6-4-5-10(14)8-11/h4-6,8-9H,3,7H2,1-2H3,(H,15,19)(H,17,18). The molecular formula is C13H17IN2O3. The number of halogens is 1. The van der Waals surface area contributed by atoms with Crippen LogP contribution in [-0.2, 0) is 4.79 Å². The highest BCUT2D eigenvalue weighted by Crippen LogP contribution is 2.14. The van der Waals surface area contributed by atoms with Gasteiger partial charge in [-0.3, -0.25) is 4.79 Å². The first-order chi connectivity index (χ1) is 8.93. The first-order valence-corrected chi connectivity index (χ1v) is 7.07. The van der Waals surface area contributed by atoms with Crippen molar-refractivity contribution in [1.29, 1.82) is 0 Å². The van der Waals surface area contributed by atoms with Crippen molar-refractivity contribution in [1.82, 2.24) is 4.90 Å². The van der Waals surface area contributed by atoms with Gasteiger partial charge in [-0.15, -0.1) is 0 Å². The number of carbonyl (C=O) groups excluding carboxylic acids is 1. The third-order valence-corrected chi connectivity index (χ3v) is 3.35. The van der Waals surface area contributed by atoms with Crippen LogP contribution >= 0.6 is 22.6 Å². The summed E-state index contributed by atoms with van der Waals surface area (Å²) in [5, 5.41) is 11.6. The van der Waals surface area contributed by atoms with E-state index in [4.69, 9.17) is 5.11 Å². The van der Waals surface area contributed by atoms with Crippen LogP contribution in [-0.4, -0.2) is 34.6 Å². The lowest BCUT2D eigenvalue weighted by Gasteiger charge is -2.27. The number of hydrogen-bond donors (Lipinski definition) is 2. The van der Waals surface area contributed by atoms with Crippen LogP contribution < -0.4 is 5.32 Å². The molecule has 0 heterocycles. The highest BCUT2D eigenvalue weighted by atomic mass is 127. The summed E-state index contributed by atoms with van der Waals surface area (Å²) in [7, 11) is 0. The van der Waals surface area contributed by atoms with Gasteiger partial charge < -0.3 is 15.3 Å². The minimum Gasteiger partial charge on any atom is -0.481 e. The topological polar surface area (TPSA) is 69.6 Å². The number of hydrogen-bond acceptors (Lipinski definition) is 2. The van der Waals surface area contributed by atoms with Crippen LogP contribution in [0.3, 0.4) is 0 Å². The Labute approximate surface area is 126 Å². The SMILES string of the molecule is CCN(C(=O)Nc1cccc(I)c1)C(C)CC(=O)O. The fourth-order valence-electron chi connectivity index (χ4n) is 1.78. The molecule has 19 heavy (non-hydrogen) atoms. The van der Waals surface area contributed by atoms with Crippen molar-refractivity contribution in [3.63, 3.8) is 0 Å². The van der Waals surface area contributed by atoms with Gasteiger partial charge in [0.05, 0.1) is 6.42 Å². The number of nitrogens with zero attached hydrogens (tertiary/aromatic N) is 1. The Morgan fingerprint density at radius 2 is 2.16 bits per heavy atom. The lowest BCUT2D eigenvalue weighted by molar-refractivity contribution is -0.137. The van der Waals surface area contributed by atoms with Crippen LogP contribution in [0.15, 0.2) is 24.3 Å². The average Bonchev–Trinajstić information content (AvgIpc) is 2.28. The van der Waals surface area contributed by atoms with Crippen LogP contribution in [0.25, 0.3) is 0 Å². The zero-order valence-electron chi connectivity index (χ0n) is 10.9. The maximum atomic E-state index is 12.1. The molecule has 104 valence electrons. The highest BCUT2D eigenvalue weighted by Gasteiger charge is 2.20. The first-order valence-electron chi connectivity index (χ1n) is 5.99. The molecule has 1 unspecified atom stereocenters. The van der Waals surface area contributed by atoms with E-state index >= 15 is 0 Å². The van der Waals surface area contributed by atoms with Crippen LogP contribution in [0.1, 0.15) is 20.3 Å². The van der Waals surface area contributed by atoms with Gasteiger partial charge in [0.2, 0.25) is 0 Å². The van der Waals surface area contributed by atoms with E-state index in [1.165, 1.54) is 4.90 Å². The Hall–Kier alpha value is -1.31. The summed E-state index contributed by atoms with van der Waals surface area (Å²) in [4.78, 5) is 24.3. The average molecular weight is 376 g/mol. The van der Waals surface area contributed by atoms with Gasteiger partial charge in [0.1, 0.15) is 0 Å². The van der Waals surface area contributed by atoms with Crippen molar-refractivity contribution >= 4 is 40.3 Å². The minimum atomic E-state index is -0.909. The smallest absolute Gasteiger partial charge is 0.322 e. The molecule has 0 saturated heterocycles. The molecule has 0 radical (unpaired) electrons. The van der Waals surface area contributed by atoms with Crippen LogP contribution in [0.2, 0.25) is 0 Å². The largest absolute Gasteiger partial charge is 0.481 e.